The number of anilines is 1. The van der Waals surface area contributed by atoms with Gasteiger partial charge in [-0.1, -0.05) is 43.3 Å². The average Bonchev–Trinajstić information content (AvgIpc) is 3.65. The van der Waals surface area contributed by atoms with E-state index >= 15 is 0 Å². The number of halogens is 1. The van der Waals surface area contributed by atoms with Crippen LogP contribution in [0.25, 0.3) is 34.3 Å². The molecule has 1 fully saturated rings. The standard InChI is InChI=1S/C28H29FN6O3/c1-17(10-12-29)25(36)20-8-6-19(7-9-20)23-15-32-26(30)24(33-23)28-35-34-27(38-28)21-4-2-18(3-5-21)14-31-22-11-13-37-16-22/h2-9,15,17,22,31H,10-14,16H2,1H3,(H2,30,32)/t17?,22-/m0/s1. The van der Waals surface area contributed by atoms with E-state index in [4.69, 9.17) is 14.9 Å². The molecule has 9 nitrogen and oxygen atoms in total. The Balaban J connectivity index is 1.30. The number of hydrogen-bond donors (Lipinski definition) is 2. The van der Waals surface area contributed by atoms with Gasteiger partial charge in [0, 0.05) is 41.8 Å². The van der Waals surface area contributed by atoms with Gasteiger partial charge < -0.3 is 20.2 Å². The van der Waals surface area contributed by atoms with Gasteiger partial charge in [-0.3, -0.25) is 9.18 Å². The summed E-state index contributed by atoms with van der Waals surface area (Å²) in [6, 6.07) is 15.2. The number of nitrogens with one attached hydrogen (secondary N) is 1. The second-order valence-electron chi connectivity index (χ2n) is 9.36. The van der Waals surface area contributed by atoms with Crippen LogP contribution in [-0.4, -0.2) is 51.9 Å². The highest BCUT2D eigenvalue weighted by atomic mass is 19.1. The number of ketones is 1. The lowest BCUT2D eigenvalue weighted by atomic mass is 9.96. The van der Waals surface area contributed by atoms with Gasteiger partial charge in [-0.15, -0.1) is 10.2 Å². The van der Waals surface area contributed by atoms with Crippen molar-refractivity contribution in [2.75, 3.05) is 25.6 Å². The summed E-state index contributed by atoms with van der Waals surface area (Å²) in [5.74, 6) is 0.198. The number of nitrogen functional groups attached to an aromatic ring is 1. The number of ether oxygens (including phenoxy) is 1. The van der Waals surface area contributed by atoms with E-state index in [9.17, 15) is 9.18 Å². The summed E-state index contributed by atoms with van der Waals surface area (Å²) >= 11 is 0. The number of benzene rings is 2. The number of Topliss-reactive ketones (excluding diaryl/α,β-unsaturated/α-hetero) is 1. The van der Waals surface area contributed by atoms with Crippen molar-refractivity contribution < 1.29 is 18.3 Å². The maximum Gasteiger partial charge on any atom is 0.270 e. The van der Waals surface area contributed by atoms with E-state index in [1.165, 1.54) is 0 Å². The Morgan fingerprint density at radius 3 is 2.55 bits per heavy atom. The van der Waals surface area contributed by atoms with Gasteiger partial charge >= 0.3 is 0 Å². The predicted octanol–water partition coefficient (Wildman–Crippen LogP) is 4.50. The molecule has 0 saturated carbocycles. The molecule has 2 aromatic carbocycles. The smallest absolute Gasteiger partial charge is 0.270 e. The molecular formula is C28H29FN6O3. The molecule has 3 N–H and O–H groups in total. The molecule has 0 bridgehead atoms. The molecule has 5 rings (SSSR count). The van der Waals surface area contributed by atoms with Crippen molar-refractivity contribution in [1.29, 1.82) is 0 Å². The van der Waals surface area contributed by atoms with Gasteiger partial charge in [0.2, 0.25) is 5.89 Å². The Kier molecular flexibility index (Phi) is 7.81. The molecule has 1 aliphatic heterocycles. The fourth-order valence-electron chi connectivity index (χ4n) is 4.24. The van der Waals surface area contributed by atoms with Crippen LogP contribution in [0.1, 0.15) is 35.7 Å². The molecule has 0 aliphatic carbocycles. The molecule has 1 saturated heterocycles. The second kappa shape index (κ2) is 11.6. The molecule has 2 aromatic heterocycles. The summed E-state index contributed by atoms with van der Waals surface area (Å²) in [4.78, 5) is 21.3. The third kappa shape index (κ3) is 5.76. The Labute approximate surface area is 219 Å². The number of carbonyl (C=O) groups excluding carboxylic acids is 1. The summed E-state index contributed by atoms with van der Waals surface area (Å²) in [5.41, 5.74) is 10.1. The van der Waals surface area contributed by atoms with Crippen LogP contribution in [-0.2, 0) is 11.3 Å². The second-order valence-corrected chi connectivity index (χ2v) is 9.36. The van der Waals surface area contributed by atoms with E-state index in [0.29, 0.717) is 23.2 Å². The molecule has 2 atom stereocenters. The monoisotopic (exact) mass is 516 g/mol. The van der Waals surface area contributed by atoms with Gasteiger partial charge in [0.15, 0.2) is 17.3 Å². The molecule has 4 aromatic rings. The maximum absolute atomic E-state index is 12.6. The zero-order valence-corrected chi connectivity index (χ0v) is 21.1. The molecule has 0 amide bonds. The van der Waals surface area contributed by atoms with Crippen LogP contribution in [0.5, 0.6) is 0 Å². The van der Waals surface area contributed by atoms with Crippen molar-refractivity contribution in [3.8, 4) is 34.3 Å². The van der Waals surface area contributed by atoms with Gasteiger partial charge in [0.1, 0.15) is 0 Å². The summed E-state index contributed by atoms with van der Waals surface area (Å²) < 4.78 is 23.9. The molecule has 0 radical (unpaired) electrons. The van der Waals surface area contributed by atoms with Gasteiger partial charge in [0.25, 0.3) is 5.89 Å². The zero-order chi connectivity index (χ0) is 26.5. The minimum Gasteiger partial charge on any atom is -0.414 e. The number of nitrogens with zero attached hydrogens (tertiary/aromatic N) is 4. The fourth-order valence-corrected chi connectivity index (χ4v) is 4.24. The first-order chi connectivity index (χ1) is 18.5. The van der Waals surface area contributed by atoms with Gasteiger partial charge in [-0.2, -0.15) is 0 Å². The summed E-state index contributed by atoms with van der Waals surface area (Å²) in [6.07, 6.45) is 2.78. The topological polar surface area (TPSA) is 129 Å². The van der Waals surface area contributed by atoms with E-state index in [0.717, 1.165) is 42.9 Å². The Hall–Kier alpha value is -4.02. The lowest BCUT2D eigenvalue weighted by Crippen LogP contribution is -2.28. The van der Waals surface area contributed by atoms with Gasteiger partial charge in [-0.05, 0) is 30.5 Å². The number of alkyl halides is 1. The van der Waals surface area contributed by atoms with Crippen molar-refractivity contribution in [3.05, 3.63) is 65.9 Å². The number of rotatable bonds is 10. The SMILES string of the molecule is CC(CCF)C(=O)c1ccc(-c2cnc(N)c(-c3nnc(-c4ccc(CN[C@H]5CCOC5)cc4)o3)n2)cc1. The van der Waals surface area contributed by atoms with E-state index in [1.807, 2.05) is 24.3 Å². The largest absolute Gasteiger partial charge is 0.414 e. The first-order valence-corrected chi connectivity index (χ1v) is 12.6. The number of carbonyl (C=O) groups is 1. The van der Waals surface area contributed by atoms with E-state index in [1.54, 1.807) is 37.4 Å². The van der Waals surface area contributed by atoms with Crippen molar-refractivity contribution in [1.82, 2.24) is 25.5 Å². The Morgan fingerprint density at radius 2 is 1.84 bits per heavy atom. The molecule has 3 heterocycles. The lowest BCUT2D eigenvalue weighted by molar-refractivity contribution is 0.0918. The summed E-state index contributed by atoms with van der Waals surface area (Å²) in [6.45, 7) is 3.52. The van der Waals surface area contributed by atoms with Crippen LogP contribution in [0.2, 0.25) is 0 Å². The van der Waals surface area contributed by atoms with E-state index < -0.39 is 6.67 Å². The Bertz CT molecular complexity index is 1380. The number of nitrogens with two attached hydrogens (primary N) is 1. The average molecular weight is 517 g/mol. The lowest BCUT2D eigenvalue weighted by Gasteiger charge is -2.10. The van der Waals surface area contributed by atoms with Crippen LogP contribution < -0.4 is 11.1 Å². The van der Waals surface area contributed by atoms with Crippen molar-refractivity contribution >= 4 is 11.6 Å². The molecule has 0 spiro atoms. The predicted molar refractivity (Wildman–Crippen MR) is 141 cm³/mol. The summed E-state index contributed by atoms with van der Waals surface area (Å²) in [5, 5.41) is 11.8. The number of aromatic nitrogens is 4. The minimum absolute atomic E-state index is 0.0932. The maximum atomic E-state index is 12.6. The number of hydrogen-bond acceptors (Lipinski definition) is 9. The first kappa shape index (κ1) is 25.6. The summed E-state index contributed by atoms with van der Waals surface area (Å²) in [7, 11) is 0. The molecular weight excluding hydrogens is 487 g/mol. The molecule has 10 heteroatoms. The van der Waals surface area contributed by atoms with Crippen molar-refractivity contribution in [2.45, 2.75) is 32.4 Å². The van der Waals surface area contributed by atoms with Crippen LogP contribution in [0.3, 0.4) is 0 Å². The van der Waals surface area contributed by atoms with Crippen LogP contribution in [0.4, 0.5) is 10.2 Å². The normalized spacial score (nSPS) is 16.0. The minimum atomic E-state index is -0.522. The third-order valence-electron chi connectivity index (χ3n) is 6.61. The van der Waals surface area contributed by atoms with Crippen molar-refractivity contribution in [3.63, 3.8) is 0 Å². The van der Waals surface area contributed by atoms with Crippen molar-refractivity contribution in [2.24, 2.45) is 5.92 Å². The zero-order valence-electron chi connectivity index (χ0n) is 21.1. The molecule has 1 unspecified atom stereocenters. The van der Waals surface area contributed by atoms with Gasteiger partial charge in [-0.25, -0.2) is 9.97 Å². The quantitative estimate of drug-likeness (QED) is 0.293. The third-order valence-corrected chi connectivity index (χ3v) is 6.61. The van der Waals surface area contributed by atoms with E-state index in [-0.39, 0.29) is 35.5 Å². The molecule has 196 valence electrons. The highest BCUT2D eigenvalue weighted by Crippen LogP contribution is 2.28. The van der Waals surface area contributed by atoms with Crippen LogP contribution in [0, 0.1) is 5.92 Å². The molecule has 1 aliphatic rings. The molecule has 38 heavy (non-hydrogen) atoms. The first-order valence-electron chi connectivity index (χ1n) is 12.6. The Morgan fingerprint density at radius 1 is 1.11 bits per heavy atom. The highest BCUT2D eigenvalue weighted by Gasteiger charge is 2.19. The van der Waals surface area contributed by atoms with E-state index in [2.05, 4.69) is 25.5 Å². The van der Waals surface area contributed by atoms with Gasteiger partial charge in [0.05, 0.1) is 25.2 Å². The highest BCUT2D eigenvalue weighted by molar-refractivity contribution is 5.98. The fraction of sp³-hybridized carbons (Fsp3) is 0.321. The van der Waals surface area contributed by atoms with Crippen LogP contribution in [0.15, 0.2) is 59.1 Å². The van der Waals surface area contributed by atoms with Crippen LogP contribution >= 0.6 is 0 Å².